The molecule has 2 atom stereocenters. The van der Waals surface area contributed by atoms with Gasteiger partial charge in [0, 0.05) is 23.4 Å². The standard InChI is InChI=1S/C30H29N3O2/c1-4-19-14-16-21(17-15-19)23-18-32-29(35)33(25-13-9-6-10-20(25)5-2)28(34)30(32,3)27-26(23)22-11-7-8-12-24(22)31-27/h6-17,23,31H,4-5,18H2,1-3H3/t23-,30+/m1/s1. The first-order valence-electron chi connectivity index (χ1n) is 12.4. The van der Waals surface area contributed by atoms with Crippen molar-refractivity contribution in [1.82, 2.24) is 9.88 Å². The summed E-state index contributed by atoms with van der Waals surface area (Å²) in [7, 11) is 0. The monoisotopic (exact) mass is 463 g/mol. The molecule has 5 nitrogen and oxygen atoms in total. The molecule has 3 aromatic carbocycles. The SMILES string of the molecule is CCc1ccc([C@H]2CN3C(=O)N(c4ccccc4CC)C(=O)[C@]3(C)c3[nH]c4ccccc4c32)cc1. The molecule has 5 heteroatoms. The zero-order valence-corrected chi connectivity index (χ0v) is 20.3. The van der Waals surface area contributed by atoms with Gasteiger partial charge in [-0.1, -0.05) is 74.5 Å². The van der Waals surface area contributed by atoms with Gasteiger partial charge in [-0.3, -0.25) is 4.79 Å². The summed E-state index contributed by atoms with van der Waals surface area (Å²) in [6.45, 7) is 6.54. The fraction of sp³-hybridized carbons (Fsp3) is 0.267. The molecule has 1 N–H and O–H groups in total. The van der Waals surface area contributed by atoms with Crippen molar-refractivity contribution in [2.75, 3.05) is 11.4 Å². The Kier molecular flexibility index (Phi) is 4.85. The lowest BCUT2D eigenvalue weighted by atomic mass is 9.78. The van der Waals surface area contributed by atoms with E-state index in [0.29, 0.717) is 12.2 Å². The molecule has 0 unspecified atom stereocenters. The van der Waals surface area contributed by atoms with Crippen molar-refractivity contribution in [3.63, 3.8) is 0 Å². The first-order valence-corrected chi connectivity index (χ1v) is 12.4. The van der Waals surface area contributed by atoms with Crippen LogP contribution in [0.4, 0.5) is 10.5 Å². The molecule has 35 heavy (non-hydrogen) atoms. The highest BCUT2D eigenvalue weighted by atomic mass is 16.2. The van der Waals surface area contributed by atoms with Gasteiger partial charge in [-0.15, -0.1) is 0 Å². The normalized spacial score (nSPS) is 21.5. The van der Waals surface area contributed by atoms with Crippen LogP contribution in [0.3, 0.4) is 0 Å². The highest BCUT2D eigenvalue weighted by Crippen LogP contribution is 2.50. The number of nitrogens with zero attached hydrogens (tertiary/aromatic N) is 2. The molecule has 176 valence electrons. The number of nitrogens with one attached hydrogen (secondary N) is 1. The number of carbonyl (C=O) groups excluding carboxylic acids is 2. The van der Waals surface area contributed by atoms with E-state index >= 15 is 0 Å². The Morgan fingerprint density at radius 1 is 0.914 bits per heavy atom. The molecule has 0 spiro atoms. The second-order valence-electron chi connectivity index (χ2n) is 9.70. The predicted octanol–water partition coefficient (Wildman–Crippen LogP) is 6.12. The van der Waals surface area contributed by atoms with E-state index in [1.807, 2.05) is 56.3 Å². The molecular weight excluding hydrogens is 434 g/mol. The number of fused-ring (bicyclic) bond motifs is 5. The van der Waals surface area contributed by atoms with Gasteiger partial charge in [0.15, 0.2) is 5.54 Å². The molecule has 0 saturated carbocycles. The zero-order chi connectivity index (χ0) is 24.3. The Morgan fingerprint density at radius 2 is 1.63 bits per heavy atom. The Morgan fingerprint density at radius 3 is 2.37 bits per heavy atom. The van der Waals surface area contributed by atoms with E-state index in [2.05, 4.69) is 42.2 Å². The number of urea groups is 1. The predicted molar refractivity (Wildman–Crippen MR) is 139 cm³/mol. The number of para-hydroxylation sites is 2. The molecule has 3 heterocycles. The lowest BCUT2D eigenvalue weighted by Gasteiger charge is -2.40. The number of anilines is 1. The van der Waals surface area contributed by atoms with Crippen molar-refractivity contribution in [2.45, 2.75) is 45.1 Å². The number of hydrogen-bond donors (Lipinski definition) is 1. The molecule has 2 aliphatic heterocycles. The van der Waals surface area contributed by atoms with Crippen molar-refractivity contribution >= 4 is 28.5 Å². The number of aromatic amines is 1. The van der Waals surface area contributed by atoms with Crippen LogP contribution in [0.25, 0.3) is 10.9 Å². The number of amides is 3. The van der Waals surface area contributed by atoms with Crippen LogP contribution >= 0.6 is 0 Å². The van der Waals surface area contributed by atoms with Crippen LogP contribution in [0.2, 0.25) is 0 Å². The number of imide groups is 1. The molecule has 3 amide bonds. The van der Waals surface area contributed by atoms with E-state index in [9.17, 15) is 9.59 Å². The van der Waals surface area contributed by atoms with Gasteiger partial charge < -0.3 is 9.88 Å². The smallest absolute Gasteiger partial charge is 0.332 e. The van der Waals surface area contributed by atoms with Gasteiger partial charge in [-0.05, 0) is 54.2 Å². The number of benzene rings is 3. The van der Waals surface area contributed by atoms with Crippen LogP contribution in [0.15, 0.2) is 72.8 Å². The minimum atomic E-state index is -1.09. The second kappa shape index (κ2) is 7.84. The fourth-order valence-electron chi connectivity index (χ4n) is 5.92. The number of rotatable bonds is 4. The molecule has 0 radical (unpaired) electrons. The molecule has 1 aromatic heterocycles. The maximum absolute atomic E-state index is 14.2. The van der Waals surface area contributed by atoms with Gasteiger partial charge in [0.2, 0.25) is 0 Å². The van der Waals surface area contributed by atoms with Gasteiger partial charge in [0.25, 0.3) is 5.91 Å². The Labute approximate surface area is 205 Å². The first kappa shape index (κ1) is 21.7. The minimum Gasteiger partial charge on any atom is -0.356 e. The van der Waals surface area contributed by atoms with E-state index in [0.717, 1.165) is 46.1 Å². The third-order valence-electron chi connectivity index (χ3n) is 7.93. The second-order valence-corrected chi connectivity index (χ2v) is 9.70. The molecule has 1 saturated heterocycles. The van der Waals surface area contributed by atoms with Crippen LogP contribution in [0, 0.1) is 0 Å². The maximum Gasteiger partial charge on any atom is 0.332 e. The quantitative estimate of drug-likeness (QED) is 0.371. The van der Waals surface area contributed by atoms with E-state index < -0.39 is 5.54 Å². The molecular formula is C30H29N3O2. The van der Waals surface area contributed by atoms with Gasteiger partial charge in [-0.2, -0.15) is 0 Å². The molecule has 0 aliphatic carbocycles. The van der Waals surface area contributed by atoms with Crippen LogP contribution in [-0.4, -0.2) is 28.4 Å². The summed E-state index contributed by atoms with van der Waals surface area (Å²) in [4.78, 5) is 34.8. The van der Waals surface area contributed by atoms with E-state index in [1.54, 1.807) is 4.90 Å². The lowest BCUT2D eigenvalue weighted by Crippen LogP contribution is -2.50. The van der Waals surface area contributed by atoms with E-state index in [-0.39, 0.29) is 17.9 Å². The summed E-state index contributed by atoms with van der Waals surface area (Å²) >= 11 is 0. The zero-order valence-electron chi connectivity index (χ0n) is 20.3. The molecule has 2 aliphatic rings. The lowest BCUT2D eigenvalue weighted by molar-refractivity contribution is -0.125. The summed E-state index contributed by atoms with van der Waals surface area (Å²) in [5, 5.41) is 1.11. The third kappa shape index (κ3) is 2.94. The Hall–Kier alpha value is -3.86. The van der Waals surface area contributed by atoms with Crippen molar-refractivity contribution in [2.24, 2.45) is 0 Å². The van der Waals surface area contributed by atoms with E-state index in [1.165, 1.54) is 10.5 Å². The van der Waals surface area contributed by atoms with Gasteiger partial charge in [0.1, 0.15) is 0 Å². The first-order chi connectivity index (χ1) is 17.0. The number of H-pyrrole nitrogens is 1. The topological polar surface area (TPSA) is 56.4 Å². The third-order valence-corrected chi connectivity index (χ3v) is 7.93. The summed E-state index contributed by atoms with van der Waals surface area (Å²) in [5.41, 5.74) is 5.95. The summed E-state index contributed by atoms with van der Waals surface area (Å²) in [5.74, 6) is -0.228. The maximum atomic E-state index is 14.2. The van der Waals surface area contributed by atoms with Crippen LogP contribution in [0.5, 0.6) is 0 Å². The summed E-state index contributed by atoms with van der Waals surface area (Å²) in [6, 6.07) is 24.3. The van der Waals surface area contributed by atoms with E-state index in [4.69, 9.17) is 0 Å². The fourth-order valence-corrected chi connectivity index (χ4v) is 5.92. The average molecular weight is 464 g/mol. The average Bonchev–Trinajstić information content (AvgIpc) is 3.38. The van der Waals surface area contributed by atoms with Gasteiger partial charge in [0.05, 0.1) is 11.4 Å². The number of aryl methyl sites for hydroxylation is 2. The van der Waals surface area contributed by atoms with Crippen LogP contribution < -0.4 is 4.90 Å². The summed E-state index contributed by atoms with van der Waals surface area (Å²) in [6.07, 6.45) is 1.72. The Balaban J connectivity index is 1.57. The number of carbonyl (C=O) groups is 2. The number of hydrogen-bond acceptors (Lipinski definition) is 2. The van der Waals surface area contributed by atoms with Crippen LogP contribution in [-0.2, 0) is 23.2 Å². The van der Waals surface area contributed by atoms with Gasteiger partial charge >= 0.3 is 6.03 Å². The largest absolute Gasteiger partial charge is 0.356 e. The van der Waals surface area contributed by atoms with Gasteiger partial charge in [-0.25, -0.2) is 9.69 Å². The van der Waals surface area contributed by atoms with Crippen LogP contribution in [0.1, 0.15) is 54.6 Å². The van der Waals surface area contributed by atoms with Crippen molar-refractivity contribution in [3.8, 4) is 0 Å². The molecule has 6 rings (SSSR count). The van der Waals surface area contributed by atoms with Crippen molar-refractivity contribution in [1.29, 1.82) is 0 Å². The molecule has 1 fully saturated rings. The number of aromatic nitrogens is 1. The van der Waals surface area contributed by atoms with Crippen molar-refractivity contribution < 1.29 is 9.59 Å². The minimum absolute atomic E-state index is 0.0294. The molecule has 4 aromatic rings. The van der Waals surface area contributed by atoms with Crippen molar-refractivity contribution in [3.05, 3.63) is 101 Å². The highest BCUT2D eigenvalue weighted by Gasteiger charge is 2.60. The molecule has 0 bridgehead atoms. The highest BCUT2D eigenvalue weighted by molar-refractivity contribution is 6.24. The summed E-state index contributed by atoms with van der Waals surface area (Å²) < 4.78 is 0. The Bertz CT molecular complexity index is 1470.